The Labute approximate surface area is 247 Å². The highest BCUT2D eigenvalue weighted by Gasteiger charge is 2.44. The number of halogens is 1. The third kappa shape index (κ3) is 4.95. The number of imidazole rings is 1. The van der Waals surface area contributed by atoms with E-state index in [9.17, 15) is 4.79 Å². The van der Waals surface area contributed by atoms with Gasteiger partial charge < -0.3 is 9.47 Å². The summed E-state index contributed by atoms with van der Waals surface area (Å²) in [4.78, 5) is 27.2. The monoisotopic (exact) mass is 567 g/mol. The van der Waals surface area contributed by atoms with Crippen LogP contribution >= 0.6 is 11.6 Å². The molecule has 7 rings (SSSR count). The number of carbonyl (C=O) groups excluding carboxylic acids is 1. The summed E-state index contributed by atoms with van der Waals surface area (Å²) in [5, 5.41) is 0.362. The molecule has 6 nitrogen and oxygen atoms in total. The van der Waals surface area contributed by atoms with Gasteiger partial charge in [-0.2, -0.15) is 0 Å². The predicted octanol–water partition coefficient (Wildman–Crippen LogP) is 6.83. The summed E-state index contributed by atoms with van der Waals surface area (Å²) in [7, 11) is 0. The minimum absolute atomic E-state index is 0.0170. The third-order valence-electron chi connectivity index (χ3n) is 10.2. The smallest absolute Gasteiger partial charge is 0.272 e. The standard InChI is InChI=1S/C34H38ClN5O/c1-24-36-29-10-5-6-12-31(29)40(24)28-22-26-14-15-27(23-28)39(26)21-18-34(25-8-3-2-4-9-25)16-19-38(20-17-34)33(41)30-11-7-13-32(35)37-30/h2-13,26-28H,14-23H2,1H3/t26-,27+,28?. The summed E-state index contributed by atoms with van der Waals surface area (Å²) in [6, 6.07) is 26.7. The summed E-state index contributed by atoms with van der Waals surface area (Å²) in [5.74, 6) is 1.12. The first-order chi connectivity index (χ1) is 20.0. The number of fused-ring (bicyclic) bond motifs is 3. The van der Waals surface area contributed by atoms with E-state index in [0.29, 0.717) is 29.0 Å². The van der Waals surface area contributed by atoms with Gasteiger partial charge in [0.05, 0.1) is 11.0 Å². The SMILES string of the molecule is Cc1nc2ccccc2n1C1C[C@H]2CC[C@@H](C1)N2CCC1(c2ccccc2)CCN(C(=O)c2cccc(Cl)n2)CC1. The minimum atomic E-state index is -0.0170. The highest BCUT2D eigenvalue weighted by atomic mass is 35.5. The Kier molecular flexibility index (Phi) is 7.08. The maximum absolute atomic E-state index is 13.2. The van der Waals surface area contributed by atoms with E-state index in [4.69, 9.17) is 16.6 Å². The zero-order valence-electron chi connectivity index (χ0n) is 23.8. The van der Waals surface area contributed by atoms with Crippen molar-refractivity contribution < 1.29 is 4.79 Å². The van der Waals surface area contributed by atoms with Crippen LogP contribution in [0.5, 0.6) is 0 Å². The lowest BCUT2D eigenvalue weighted by Crippen LogP contribution is -2.49. The molecule has 5 heterocycles. The van der Waals surface area contributed by atoms with Crippen LogP contribution in [0, 0.1) is 6.92 Å². The van der Waals surface area contributed by atoms with E-state index in [1.165, 1.54) is 36.8 Å². The number of nitrogens with zero attached hydrogens (tertiary/aromatic N) is 5. The molecule has 212 valence electrons. The van der Waals surface area contributed by atoms with Gasteiger partial charge in [-0.05, 0) is 93.7 Å². The molecule has 1 amide bonds. The molecule has 1 unspecified atom stereocenters. The van der Waals surface area contributed by atoms with Crippen LogP contribution in [0.4, 0.5) is 0 Å². The first-order valence-corrected chi connectivity index (χ1v) is 15.6. The van der Waals surface area contributed by atoms with E-state index in [-0.39, 0.29) is 11.3 Å². The van der Waals surface area contributed by atoms with Crippen molar-refractivity contribution in [2.75, 3.05) is 19.6 Å². The largest absolute Gasteiger partial charge is 0.337 e. The number of hydrogen-bond donors (Lipinski definition) is 0. The summed E-state index contributed by atoms with van der Waals surface area (Å²) >= 11 is 6.08. The lowest BCUT2D eigenvalue weighted by Gasteiger charge is -2.45. The van der Waals surface area contributed by atoms with Crippen LogP contribution in [0.2, 0.25) is 5.15 Å². The van der Waals surface area contributed by atoms with Crippen LogP contribution in [0.3, 0.4) is 0 Å². The molecule has 41 heavy (non-hydrogen) atoms. The first kappa shape index (κ1) is 26.7. The second-order valence-electron chi connectivity index (χ2n) is 12.3. The molecular weight excluding hydrogens is 530 g/mol. The molecule has 2 aromatic carbocycles. The Bertz CT molecular complexity index is 1530. The van der Waals surface area contributed by atoms with Crippen molar-refractivity contribution >= 4 is 28.5 Å². The van der Waals surface area contributed by atoms with Crippen molar-refractivity contribution in [3.63, 3.8) is 0 Å². The van der Waals surface area contributed by atoms with E-state index in [2.05, 4.69) is 76.0 Å². The zero-order chi connectivity index (χ0) is 28.0. The average molecular weight is 568 g/mol. The fraction of sp³-hybridized carbons (Fsp3) is 0.441. The van der Waals surface area contributed by atoms with Crippen molar-refractivity contribution in [3.8, 4) is 0 Å². The van der Waals surface area contributed by atoms with Crippen molar-refractivity contribution in [1.82, 2.24) is 24.3 Å². The fourth-order valence-corrected chi connectivity index (χ4v) is 8.26. The molecular formula is C34H38ClN5O. The molecule has 4 aromatic rings. The molecule has 3 aliphatic rings. The van der Waals surface area contributed by atoms with Gasteiger partial charge in [-0.15, -0.1) is 0 Å². The van der Waals surface area contributed by atoms with Crippen LogP contribution in [-0.2, 0) is 5.41 Å². The number of piperidine rings is 2. The van der Waals surface area contributed by atoms with E-state index >= 15 is 0 Å². The number of benzene rings is 2. The number of para-hydroxylation sites is 2. The van der Waals surface area contributed by atoms with Crippen molar-refractivity contribution in [3.05, 3.63) is 95.0 Å². The summed E-state index contributed by atoms with van der Waals surface area (Å²) in [6.07, 6.45) is 8.04. The van der Waals surface area contributed by atoms with Crippen LogP contribution < -0.4 is 0 Å². The number of pyridine rings is 1. The Hall–Kier alpha value is -3.22. The lowest BCUT2D eigenvalue weighted by atomic mass is 9.70. The molecule has 3 fully saturated rings. The number of aryl methyl sites for hydroxylation is 1. The molecule has 0 radical (unpaired) electrons. The second-order valence-corrected chi connectivity index (χ2v) is 12.7. The fourth-order valence-electron chi connectivity index (χ4n) is 8.09. The molecule has 3 aliphatic heterocycles. The van der Waals surface area contributed by atoms with Crippen LogP contribution in [0.1, 0.15) is 72.9 Å². The maximum Gasteiger partial charge on any atom is 0.272 e. The van der Waals surface area contributed by atoms with Crippen LogP contribution in [-0.4, -0.2) is 62.0 Å². The van der Waals surface area contributed by atoms with Gasteiger partial charge in [0.1, 0.15) is 16.7 Å². The Morgan fingerprint density at radius 3 is 2.32 bits per heavy atom. The van der Waals surface area contributed by atoms with Crippen molar-refractivity contribution in [2.45, 2.75) is 75.4 Å². The summed E-state index contributed by atoms with van der Waals surface area (Å²) in [6.45, 7) is 4.76. The number of carbonyl (C=O) groups is 1. The van der Waals surface area contributed by atoms with Gasteiger partial charge in [0.15, 0.2) is 0 Å². The van der Waals surface area contributed by atoms with Crippen LogP contribution in [0.15, 0.2) is 72.8 Å². The van der Waals surface area contributed by atoms with Gasteiger partial charge in [0.25, 0.3) is 5.91 Å². The Balaban J connectivity index is 1.06. The quantitative estimate of drug-likeness (QED) is 0.240. The van der Waals surface area contributed by atoms with Gasteiger partial charge in [-0.1, -0.05) is 60.1 Å². The van der Waals surface area contributed by atoms with E-state index in [1.807, 2.05) is 4.90 Å². The summed E-state index contributed by atoms with van der Waals surface area (Å²) < 4.78 is 2.52. The number of amides is 1. The van der Waals surface area contributed by atoms with E-state index < -0.39 is 0 Å². The van der Waals surface area contributed by atoms with Gasteiger partial charge in [0, 0.05) is 31.2 Å². The Morgan fingerprint density at radius 2 is 1.59 bits per heavy atom. The average Bonchev–Trinajstić information content (AvgIpc) is 3.46. The number of rotatable bonds is 6. The molecule has 3 atom stereocenters. The topological polar surface area (TPSA) is 54.3 Å². The normalized spacial score (nSPS) is 24.1. The summed E-state index contributed by atoms with van der Waals surface area (Å²) in [5.41, 5.74) is 4.31. The highest BCUT2D eigenvalue weighted by Crippen LogP contribution is 2.45. The molecule has 0 spiro atoms. The van der Waals surface area contributed by atoms with Gasteiger partial charge in [-0.3, -0.25) is 9.69 Å². The molecule has 3 saturated heterocycles. The lowest BCUT2D eigenvalue weighted by molar-refractivity contribution is 0.0602. The van der Waals surface area contributed by atoms with Crippen molar-refractivity contribution in [2.24, 2.45) is 0 Å². The van der Waals surface area contributed by atoms with Gasteiger partial charge in [-0.25, -0.2) is 9.97 Å². The van der Waals surface area contributed by atoms with Gasteiger partial charge in [0.2, 0.25) is 0 Å². The number of aromatic nitrogens is 3. The Morgan fingerprint density at radius 1 is 0.878 bits per heavy atom. The number of hydrogen-bond acceptors (Lipinski definition) is 4. The number of likely N-dealkylation sites (tertiary alicyclic amines) is 1. The molecule has 2 bridgehead atoms. The zero-order valence-corrected chi connectivity index (χ0v) is 24.5. The maximum atomic E-state index is 13.2. The third-order valence-corrected chi connectivity index (χ3v) is 10.4. The minimum Gasteiger partial charge on any atom is -0.337 e. The predicted molar refractivity (Wildman–Crippen MR) is 163 cm³/mol. The molecule has 7 heteroatoms. The molecule has 0 saturated carbocycles. The molecule has 2 aromatic heterocycles. The van der Waals surface area contributed by atoms with Gasteiger partial charge >= 0.3 is 0 Å². The van der Waals surface area contributed by atoms with E-state index in [0.717, 1.165) is 50.2 Å². The molecule has 0 N–H and O–H groups in total. The molecule has 0 aliphatic carbocycles. The van der Waals surface area contributed by atoms with Crippen molar-refractivity contribution in [1.29, 1.82) is 0 Å². The van der Waals surface area contributed by atoms with E-state index in [1.54, 1.807) is 18.2 Å². The first-order valence-electron chi connectivity index (χ1n) is 15.2. The highest BCUT2D eigenvalue weighted by molar-refractivity contribution is 6.29. The van der Waals surface area contributed by atoms with Crippen LogP contribution in [0.25, 0.3) is 11.0 Å². The second kappa shape index (κ2) is 10.9.